The van der Waals surface area contributed by atoms with Crippen LogP contribution in [0.1, 0.15) is 24.1 Å². The third-order valence-corrected chi connectivity index (χ3v) is 5.79. The number of allylic oxidation sites excluding steroid dienone is 1. The minimum absolute atomic E-state index is 0.137. The summed E-state index contributed by atoms with van der Waals surface area (Å²) in [6.45, 7) is 1.74. The second kappa shape index (κ2) is 6.20. The average Bonchev–Trinajstić information content (AvgIpc) is 2.79. The van der Waals surface area contributed by atoms with Gasteiger partial charge in [0, 0.05) is 6.08 Å². The maximum Gasteiger partial charge on any atom is 0.244 e. The van der Waals surface area contributed by atoms with Crippen LogP contribution >= 0.6 is 0 Å². The van der Waals surface area contributed by atoms with E-state index in [-0.39, 0.29) is 22.4 Å². The number of hydrogen-bond acceptors (Lipinski definition) is 3. The highest BCUT2D eigenvalue weighted by atomic mass is 32.2. The molecule has 1 heterocycles. The molecule has 1 N–H and O–H groups in total. The van der Waals surface area contributed by atoms with E-state index in [0.717, 1.165) is 5.56 Å². The minimum Gasteiger partial charge on any atom is -0.345 e. The highest BCUT2D eigenvalue weighted by Crippen LogP contribution is 2.32. The Morgan fingerprint density at radius 2 is 1.83 bits per heavy atom. The SMILES string of the molecule is C/C(=C/C(=O)N[C@H]1CS(=O)(=O)c2ccccc21)c1ccc(F)cc1. The van der Waals surface area contributed by atoms with Gasteiger partial charge in [0.2, 0.25) is 5.91 Å². The van der Waals surface area contributed by atoms with Crippen molar-refractivity contribution in [2.45, 2.75) is 17.9 Å². The molecule has 1 aliphatic rings. The summed E-state index contributed by atoms with van der Waals surface area (Å²) in [6.07, 6.45) is 1.39. The Kier molecular flexibility index (Phi) is 4.24. The van der Waals surface area contributed by atoms with E-state index in [1.54, 1.807) is 43.3 Å². The fourth-order valence-corrected chi connectivity index (χ4v) is 4.51. The van der Waals surface area contributed by atoms with Gasteiger partial charge >= 0.3 is 0 Å². The highest BCUT2D eigenvalue weighted by Gasteiger charge is 2.34. The van der Waals surface area contributed by atoms with Crippen LogP contribution in [0.4, 0.5) is 4.39 Å². The van der Waals surface area contributed by atoms with Crippen LogP contribution in [0.5, 0.6) is 0 Å². The predicted octanol–water partition coefficient (Wildman–Crippen LogP) is 2.87. The number of carbonyl (C=O) groups is 1. The largest absolute Gasteiger partial charge is 0.345 e. The summed E-state index contributed by atoms with van der Waals surface area (Å²) in [4.78, 5) is 12.5. The van der Waals surface area contributed by atoms with Crippen molar-refractivity contribution in [2.24, 2.45) is 0 Å². The van der Waals surface area contributed by atoms with E-state index in [1.165, 1.54) is 18.2 Å². The van der Waals surface area contributed by atoms with Gasteiger partial charge < -0.3 is 5.32 Å². The van der Waals surface area contributed by atoms with Gasteiger partial charge in [-0.25, -0.2) is 12.8 Å². The van der Waals surface area contributed by atoms with Crippen molar-refractivity contribution in [1.82, 2.24) is 5.32 Å². The van der Waals surface area contributed by atoms with Crippen LogP contribution in [0, 0.1) is 5.82 Å². The molecular formula is C18H16FNO3S. The number of sulfone groups is 1. The van der Waals surface area contributed by atoms with Crippen molar-refractivity contribution in [3.05, 3.63) is 71.6 Å². The Morgan fingerprint density at radius 1 is 1.17 bits per heavy atom. The molecule has 0 aromatic heterocycles. The monoisotopic (exact) mass is 345 g/mol. The molecule has 24 heavy (non-hydrogen) atoms. The van der Waals surface area contributed by atoms with E-state index >= 15 is 0 Å². The van der Waals surface area contributed by atoms with Crippen molar-refractivity contribution in [1.29, 1.82) is 0 Å². The van der Waals surface area contributed by atoms with Crippen molar-refractivity contribution in [2.75, 3.05) is 5.75 Å². The van der Waals surface area contributed by atoms with Gasteiger partial charge in [-0.05, 0) is 41.8 Å². The minimum atomic E-state index is -3.36. The first-order valence-corrected chi connectivity index (χ1v) is 9.08. The van der Waals surface area contributed by atoms with Crippen LogP contribution in [0.3, 0.4) is 0 Å². The number of halogens is 1. The van der Waals surface area contributed by atoms with Crippen LogP contribution < -0.4 is 5.32 Å². The van der Waals surface area contributed by atoms with Gasteiger partial charge in [0.15, 0.2) is 9.84 Å². The molecule has 0 unspecified atom stereocenters. The Balaban J connectivity index is 1.79. The Hall–Kier alpha value is -2.47. The van der Waals surface area contributed by atoms with E-state index in [1.807, 2.05) is 0 Å². The van der Waals surface area contributed by atoms with Crippen LogP contribution in [-0.2, 0) is 14.6 Å². The molecular weight excluding hydrogens is 329 g/mol. The van der Waals surface area contributed by atoms with Gasteiger partial charge in [-0.1, -0.05) is 30.3 Å². The lowest BCUT2D eigenvalue weighted by atomic mass is 10.1. The summed E-state index contributed by atoms with van der Waals surface area (Å²) >= 11 is 0. The molecule has 2 aromatic carbocycles. The van der Waals surface area contributed by atoms with Crippen LogP contribution in [0.2, 0.25) is 0 Å². The number of carbonyl (C=O) groups excluding carboxylic acids is 1. The smallest absolute Gasteiger partial charge is 0.244 e. The topological polar surface area (TPSA) is 63.2 Å². The van der Waals surface area contributed by atoms with E-state index in [0.29, 0.717) is 11.1 Å². The van der Waals surface area contributed by atoms with Crippen LogP contribution in [0.25, 0.3) is 5.57 Å². The Morgan fingerprint density at radius 3 is 2.54 bits per heavy atom. The van der Waals surface area contributed by atoms with Gasteiger partial charge in [-0.15, -0.1) is 0 Å². The van der Waals surface area contributed by atoms with E-state index < -0.39 is 15.9 Å². The first kappa shape index (κ1) is 16.4. The number of hydrogen-bond donors (Lipinski definition) is 1. The molecule has 124 valence electrons. The van der Waals surface area contributed by atoms with Gasteiger partial charge in [-0.2, -0.15) is 0 Å². The Labute approximate surface area is 139 Å². The standard InChI is InChI=1S/C18H16FNO3S/c1-12(13-6-8-14(19)9-7-13)10-18(21)20-16-11-24(22,23)17-5-3-2-4-15(16)17/h2-10,16H,11H2,1H3,(H,20,21)/b12-10-/t16-/m0/s1. The number of benzene rings is 2. The van der Waals surface area contributed by atoms with E-state index in [9.17, 15) is 17.6 Å². The zero-order valence-corrected chi connectivity index (χ0v) is 13.8. The molecule has 4 nitrogen and oxygen atoms in total. The third-order valence-electron chi connectivity index (χ3n) is 3.98. The quantitative estimate of drug-likeness (QED) is 0.870. The molecule has 0 bridgehead atoms. The molecule has 3 rings (SSSR count). The maximum atomic E-state index is 12.9. The second-order valence-electron chi connectivity index (χ2n) is 5.71. The first-order chi connectivity index (χ1) is 11.4. The summed E-state index contributed by atoms with van der Waals surface area (Å²) in [7, 11) is -3.36. The number of nitrogens with one attached hydrogen (secondary N) is 1. The lowest BCUT2D eigenvalue weighted by molar-refractivity contribution is -0.117. The first-order valence-electron chi connectivity index (χ1n) is 7.43. The number of rotatable bonds is 3. The predicted molar refractivity (Wildman–Crippen MR) is 89.4 cm³/mol. The lowest BCUT2D eigenvalue weighted by Gasteiger charge is -2.11. The molecule has 6 heteroatoms. The van der Waals surface area contributed by atoms with Gasteiger partial charge in [-0.3, -0.25) is 4.79 Å². The molecule has 0 radical (unpaired) electrons. The Bertz CT molecular complexity index is 918. The summed E-state index contributed by atoms with van der Waals surface area (Å²) < 4.78 is 37.2. The van der Waals surface area contributed by atoms with Gasteiger partial charge in [0.1, 0.15) is 5.82 Å². The van der Waals surface area contributed by atoms with Gasteiger partial charge in [0.05, 0.1) is 16.7 Å². The van der Waals surface area contributed by atoms with Crippen molar-refractivity contribution in [3.8, 4) is 0 Å². The zero-order valence-electron chi connectivity index (χ0n) is 13.0. The molecule has 1 atom stereocenters. The highest BCUT2D eigenvalue weighted by molar-refractivity contribution is 7.91. The average molecular weight is 345 g/mol. The van der Waals surface area contributed by atoms with Crippen molar-refractivity contribution < 1.29 is 17.6 Å². The maximum absolute atomic E-state index is 12.9. The molecule has 0 fully saturated rings. The van der Waals surface area contributed by atoms with Crippen molar-refractivity contribution >= 4 is 21.3 Å². The molecule has 1 aliphatic heterocycles. The van der Waals surface area contributed by atoms with E-state index in [2.05, 4.69) is 5.32 Å². The molecule has 2 aromatic rings. The zero-order chi connectivity index (χ0) is 17.3. The normalized spacial score (nSPS) is 18.9. The summed E-state index contributed by atoms with van der Waals surface area (Å²) in [5, 5.41) is 2.73. The fourth-order valence-electron chi connectivity index (χ4n) is 2.78. The second-order valence-corrected chi connectivity index (χ2v) is 7.72. The molecule has 0 saturated heterocycles. The third kappa shape index (κ3) is 3.23. The molecule has 0 spiro atoms. The van der Waals surface area contributed by atoms with Gasteiger partial charge in [0.25, 0.3) is 0 Å². The summed E-state index contributed by atoms with van der Waals surface area (Å²) in [5.41, 5.74) is 2.01. The lowest BCUT2D eigenvalue weighted by Crippen LogP contribution is -2.28. The fraction of sp³-hybridized carbons (Fsp3) is 0.167. The molecule has 1 amide bonds. The molecule has 0 saturated carbocycles. The summed E-state index contributed by atoms with van der Waals surface area (Å²) in [6, 6.07) is 11.9. The summed E-state index contributed by atoms with van der Waals surface area (Å²) in [5.74, 6) is -0.862. The van der Waals surface area contributed by atoms with Crippen LogP contribution in [-0.4, -0.2) is 20.1 Å². The van der Waals surface area contributed by atoms with E-state index in [4.69, 9.17) is 0 Å². The number of amides is 1. The molecule has 0 aliphatic carbocycles. The van der Waals surface area contributed by atoms with Crippen molar-refractivity contribution in [3.63, 3.8) is 0 Å². The van der Waals surface area contributed by atoms with Crippen LogP contribution in [0.15, 0.2) is 59.5 Å². The number of fused-ring (bicyclic) bond motifs is 1.